The Labute approximate surface area is 204 Å². The molecule has 0 atom stereocenters. The van der Waals surface area contributed by atoms with E-state index >= 15 is 0 Å². The molecule has 4 aromatic rings. The van der Waals surface area contributed by atoms with Crippen LogP contribution in [0.15, 0.2) is 60.7 Å². The van der Waals surface area contributed by atoms with Crippen LogP contribution in [-0.2, 0) is 9.59 Å². The fourth-order valence-electron chi connectivity index (χ4n) is 3.33. The summed E-state index contributed by atoms with van der Waals surface area (Å²) in [5.41, 5.74) is 2.58. The predicted octanol–water partition coefficient (Wildman–Crippen LogP) is 4.26. The van der Waals surface area contributed by atoms with Gasteiger partial charge in [0, 0.05) is 12.1 Å². The van der Waals surface area contributed by atoms with Crippen LogP contribution in [-0.4, -0.2) is 42.9 Å². The van der Waals surface area contributed by atoms with Crippen molar-refractivity contribution in [3.05, 3.63) is 83.7 Å². The van der Waals surface area contributed by atoms with Crippen molar-refractivity contribution >= 4 is 35.2 Å². The van der Waals surface area contributed by atoms with Crippen molar-refractivity contribution in [1.82, 2.24) is 19.6 Å². The normalized spacial score (nSPS) is 10.9. The van der Waals surface area contributed by atoms with Gasteiger partial charge in [-0.1, -0.05) is 0 Å². The van der Waals surface area contributed by atoms with Gasteiger partial charge in [0.1, 0.15) is 23.3 Å². The molecule has 0 radical (unpaired) electrons. The molecule has 0 bridgehead atoms. The van der Waals surface area contributed by atoms with Crippen molar-refractivity contribution in [2.45, 2.75) is 13.8 Å². The topological polar surface area (TPSA) is 93.8 Å². The molecule has 2 heterocycles. The summed E-state index contributed by atoms with van der Waals surface area (Å²) in [4.78, 5) is 24.9. The molecule has 4 rings (SSSR count). The first-order valence-electron chi connectivity index (χ1n) is 10.6. The van der Waals surface area contributed by atoms with Crippen LogP contribution in [0.25, 0.3) is 11.4 Å². The van der Waals surface area contributed by atoms with Gasteiger partial charge < -0.3 is 10.6 Å². The molecule has 2 aromatic carbocycles. The molecule has 0 unspecified atom stereocenters. The van der Waals surface area contributed by atoms with Crippen molar-refractivity contribution in [3.63, 3.8) is 0 Å². The van der Waals surface area contributed by atoms with Crippen LogP contribution < -0.4 is 10.6 Å². The minimum absolute atomic E-state index is 0.0390. The van der Waals surface area contributed by atoms with E-state index in [1.165, 1.54) is 33.6 Å². The molecule has 35 heavy (non-hydrogen) atoms. The number of halogens is 2. The molecule has 8 nitrogen and oxygen atoms in total. The maximum Gasteiger partial charge on any atom is 0.235 e. The van der Waals surface area contributed by atoms with Crippen LogP contribution in [0.1, 0.15) is 11.4 Å². The lowest BCUT2D eigenvalue weighted by Crippen LogP contribution is -2.20. The molecule has 0 aliphatic carbocycles. The summed E-state index contributed by atoms with van der Waals surface area (Å²) in [5.74, 6) is -0.376. The number of hydrogen-bond donors (Lipinski definition) is 2. The number of aromatic nitrogens is 4. The first-order valence-corrected chi connectivity index (χ1v) is 11.8. The van der Waals surface area contributed by atoms with Crippen molar-refractivity contribution in [3.8, 4) is 11.4 Å². The number of thioether (sulfide) groups is 1. The number of carbonyl (C=O) groups is 2. The Morgan fingerprint density at radius 2 is 1.11 bits per heavy atom. The van der Waals surface area contributed by atoms with Gasteiger partial charge in [0.2, 0.25) is 11.8 Å². The number of benzene rings is 2. The van der Waals surface area contributed by atoms with E-state index in [0.29, 0.717) is 34.4 Å². The zero-order chi connectivity index (χ0) is 24.9. The number of nitrogens with one attached hydrogen (secondary N) is 2. The molecule has 2 amide bonds. The maximum atomic E-state index is 13.2. The fourth-order valence-corrected chi connectivity index (χ4v) is 3.95. The Bertz CT molecular complexity index is 1250. The van der Waals surface area contributed by atoms with E-state index in [9.17, 15) is 18.4 Å². The number of anilines is 2. The number of amides is 2. The summed E-state index contributed by atoms with van der Waals surface area (Å²) in [6.45, 7) is 3.57. The maximum absolute atomic E-state index is 13.2. The molecule has 0 saturated carbocycles. The summed E-state index contributed by atoms with van der Waals surface area (Å²) < 4.78 is 29.5. The Morgan fingerprint density at radius 3 is 1.49 bits per heavy atom. The summed E-state index contributed by atoms with van der Waals surface area (Å²) in [6.07, 6.45) is 0. The molecule has 180 valence electrons. The molecule has 0 spiro atoms. The van der Waals surface area contributed by atoms with Gasteiger partial charge in [0.15, 0.2) is 0 Å². The SMILES string of the molecule is Cc1cc(NC(=O)CSCC(=O)Nc2cc(C)nn2-c2ccc(F)cc2)n(-c2ccc(F)cc2)n1. The molecule has 0 aliphatic heterocycles. The number of hydrogen-bond acceptors (Lipinski definition) is 5. The average Bonchev–Trinajstić information content (AvgIpc) is 3.36. The smallest absolute Gasteiger partial charge is 0.235 e. The standard InChI is InChI=1S/C24H22F2N6O2S/c1-15-11-21(31(29-15)19-7-3-17(25)4-8-19)27-23(33)13-35-14-24(34)28-22-12-16(2)30-32(22)20-9-5-18(26)6-10-20/h3-12H,13-14H2,1-2H3,(H,27,33)(H,28,34). The Kier molecular flexibility index (Phi) is 7.25. The van der Waals surface area contributed by atoms with Gasteiger partial charge in [-0.3, -0.25) is 9.59 Å². The molecule has 2 N–H and O–H groups in total. The van der Waals surface area contributed by atoms with E-state index in [2.05, 4.69) is 20.8 Å². The second-order valence-corrected chi connectivity index (χ2v) is 8.69. The van der Waals surface area contributed by atoms with Crippen LogP contribution in [0.4, 0.5) is 20.4 Å². The molecular weight excluding hydrogens is 474 g/mol. The van der Waals surface area contributed by atoms with Crippen LogP contribution in [0.2, 0.25) is 0 Å². The predicted molar refractivity (Wildman–Crippen MR) is 131 cm³/mol. The van der Waals surface area contributed by atoms with E-state index in [1.807, 2.05) is 0 Å². The van der Waals surface area contributed by atoms with Crippen molar-refractivity contribution < 1.29 is 18.4 Å². The van der Waals surface area contributed by atoms with E-state index < -0.39 is 0 Å². The quantitative estimate of drug-likeness (QED) is 0.380. The van der Waals surface area contributed by atoms with E-state index in [-0.39, 0.29) is 35.0 Å². The van der Waals surface area contributed by atoms with Crippen LogP contribution in [0, 0.1) is 25.5 Å². The van der Waals surface area contributed by atoms with Gasteiger partial charge in [-0.2, -0.15) is 10.2 Å². The Balaban J connectivity index is 1.32. The molecule has 0 fully saturated rings. The van der Waals surface area contributed by atoms with Crippen LogP contribution in [0.3, 0.4) is 0 Å². The highest BCUT2D eigenvalue weighted by atomic mass is 32.2. The van der Waals surface area contributed by atoms with E-state index in [1.54, 1.807) is 50.2 Å². The van der Waals surface area contributed by atoms with Crippen molar-refractivity contribution in [2.75, 3.05) is 22.1 Å². The largest absolute Gasteiger partial charge is 0.310 e. The van der Waals surface area contributed by atoms with Crippen LogP contribution in [0.5, 0.6) is 0 Å². The lowest BCUT2D eigenvalue weighted by atomic mass is 10.3. The van der Waals surface area contributed by atoms with Gasteiger partial charge in [0.25, 0.3) is 0 Å². The van der Waals surface area contributed by atoms with Gasteiger partial charge in [-0.05, 0) is 62.4 Å². The first-order chi connectivity index (χ1) is 16.8. The second-order valence-electron chi connectivity index (χ2n) is 7.71. The molecule has 2 aromatic heterocycles. The zero-order valence-corrected chi connectivity index (χ0v) is 19.8. The summed E-state index contributed by atoms with van der Waals surface area (Å²) in [5, 5.41) is 14.2. The Morgan fingerprint density at radius 1 is 0.743 bits per heavy atom. The summed E-state index contributed by atoms with van der Waals surface area (Å²) in [7, 11) is 0. The summed E-state index contributed by atoms with van der Waals surface area (Å²) >= 11 is 1.15. The van der Waals surface area contributed by atoms with Gasteiger partial charge in [-0.15, -0.1) is 11.8 Å². The lowest BCUT2D eigenvalue weighted by molar-refractivity contribution is -0.114. The van der Waals surface area contributed by atoms with Gasteiger partial charge >= 0.3 is 0 Å². The minimum atomic E-state index is -0.367. The monoisotopic (exact) mass is 496 g/mol. The third kappa shape index (κ3) is 6.12. The number of rotatable bonds is 8. The third-order valence-corrected chi connectivity index (χ3v) is 5.74. The van der Waals surface area contributed by atoms with Crippen molar-refractivity contribution in [2.24, 2.45) is 0 Å². The van der Waals surface area contributed by atoms with Crippen LogP contribution >= 0.6 is 11.8 Å². The highest BCUT2D eigenvalue weighted by molar-refractivity contribution is 8.00. The van der Waals surface area contributed by atoms with E-state index in [0.717, 1.165) is 11.8 Å². The first kappa shape index (κ1) is 24.1. The molecule has 0 saturated heterocycles. The summed E-state index contributed by atoms with van der Waals surface area (Å²) in [6, 6.07) is 14.9. The molecule has 0 aliphatic rings. The fraction of sp³-hybridized carbons (Fsp3) is 0.167. The van der Waals surface area contributed by atoms with Gasteiger partial charge in [-0.25, -0.2) is 18.1 Å². The highest BCUT2D eigenvalue weighted by Gasteiger charge is 2.14. The molecule has 11 heteroatoms. The van der Waals surface area contributed by atoms with E-state index in [4.69, 9.17) is 0 Å². The molecular formula is C24H22F2N6O2S. The average molecular weight is 497 g/mol. The third-order valence-electron chi connectivity index (χ3n) is 4.81. The number of nitrogens with zero attached hydrogens (tertiary/aromatic N) is 4. The minimum Gasteiger partial charge on any atom is -0.310 e. The second kappa shape index (κ2) is 10.5. The van der Waals surface area contributed by atoms with Crippen molar-refractivity contribution in [1.29, 1.82) is 0 Å². The van der Waals surface area contributed by atoms with Gasteiger partial charge in [0.05, 0.1) is 34.3 Å². The highest BCUT2D eigenvalue weighted by Crippen LogP contribution is 2.19. The zero-order valence-electron chi connectivity index (χ0n) is 19.0. The lowest BCUT2D eigenvalue weighted by Gasteiger charge is -2.10. The Hall–Kier alpha value is -3.99. The number of carbonyl (C=O) groups excluding carboxylic acids is 2. The number of aryl methyl sites for hydroxylation is 2.